The summed E-state index contributed by atoms with van der Waals surface area (Å²) in [6, 6.07) is 19.8. The average Bonchev–Trinajstić information content (AvgIpc) is 3.26. The minimum Gasteiger partial charge on any atom is -0.483 e. The largest absolute Gasteiger partial charge is 0.483 e. The summed E-state index contributed by atoms with van der Waals surface area (Å²) in [6.07, 6.45) is 8.70. The number of ether oxygens (including phenoxy) is 2. The van der Waals surface area contributed by atoms with Crippen molar-refractivity contribution in [2.45, 2.75) is 44.6 Å². The number of thiocarbonyl (C=S) groups is 1. The first-order valence-corrected chi connectivity index (χ1v) is 15.2. The Morgan fingerprint density at radius 3 is 2.42 bits per heavy atom. The minimum absolute atomic E-state index is 0.207. The molecular formula is C34H34FNO5S2. The summed E-state index contributed by atoms with van der Waals surface area (Å²) in [5.74, 6) is -0.981. The number of aliphatic carboxylic acids is 1. The number of carboxylic acid groups (broad SMARTS) is 1. The molecule has 1 heterocycles. The first-order valence-electron chi connectivity index (χ1n) is 14.0. The molecule has 2 atom stereocenters. The van der Waals surface area contributed by atoms with Crippen molar-refractivity contribution in [3.8, 4) is 0 Å². The second-order valence-corrected chi connectivity index (χ2v) is 11.8. The maximum Gasteiger partial charge on any atom is 0.323 e. The van der Waals surface area contributed by atoms with E-state index in [2.05, 4.69) is 6.58 Å². The number of carboxylic acids is 1. The molecule has 0 spiro atoms. The molecule has 9 heteroatoms. The van der Waals surface area contributed by atoms with Crippen LogP contribution in [-0.2, 0) is 19.1 Å². The molecule has 1 saturated heterocycles. The van der Waals surface area contributed by atoms with Crippen molar-refractivity contribution in [1.29, 1.82) is 0 Å². The number of hydrogen-bond acceptors (Lipinski definition) is 6. The second-order valence-electron chi connectivity index (χ2n) is 10.1. The normalized spacial score (nSPS) is 19.0. The molecule has 4 rings (SSSR count). The van der Waals surface area contributed by atoms with Gasteiger partial charge in [-0.05, 0) is 55.0 Å². The highest BCUT2D eigenvalue weighted by Crippen LogP contribution is 2.36. The van der Waals surface area contributed by atoms with E-state index in [4.69, 9.17) is 26.8 Å². The number of allylic oxidation sites excluding steroid dienone is 5. The summed E-state index contributed by atoms with van der Waals surface area (Å²) in [5, 5.41) is 9.17. The van der Waals surface area contributed by atoms with Crippen molar-refractivity contribution in [2.75, 3.05) is 13.2 Å². The number of benzene rings is 2. The Morgan fingerprint density at radius 1 is 1.19 bits per heavy atom. The standard InChI is InChI=1S/C34H34FNO5S2/c1-3-24(15-14-23(2)35)18-19-40-28-17-16-25(21-30-33(39)36(22-31(37)38)34(42)43-30)20-29(28)41-32(26-10-6-4-7-11-26)27-12-8-5-9-13-27/h3-13,15-16,20-21,23,28,32H,1,14,17-19,22H2,2H3,(H,37,38)/b24-15+,30-21-. The van der Waals surface area contributed by atoms with Gasteiger partial charge in [0.2, 0.25) is 0 Å². The highest BCUT2D eigenvalue weighted by atomic mass is 32.2. The van der Waals surface area contributed by atoms with Crippen molar-refractivity contribution >= 4 is 40.2 Å². The van der Waals surface area contributed by atoms with Crippen LogP contribution in [-0.4, -0.2) is 51.6 Å². The molecule has 1 aliphatic heterocycles. The molecule has 2 unspecified atom stereocenters. The van der Waals surface area contributed by atoms with Crippen molar-refractivity contribution in [1.82, 2.24) is 4.90 Å². The SMILES string of the molecule is C=C/C(=C\CC(C)F)CCOC1CC=C(/C=C2\SC(=S)N(CC(=O)O)C2=O)C=C1OC(c1ccccc1)c1ccccc1. The van der Waals surface area contributed by atoms with E-state index < -0.39 is 36.8 Å². The number of amides is 1. The lowest BCUT2D eigenvalue weighted by molar-refractivity contribution is -0.140. The van der Waals surface area contributed by atoms with E-state index in [1.807, 2.05) is 78.9 Å². The molecular weight excluding hydrogens is 586 g/mol. The molecule has 1 fully saturated rings. The van der Waals surface area contributed by atoms with Crippen LogP contribution in [0.5, 0.6) is 0 Å². The second kappa shape index (κ2) is 15.6. The minimum atomic E-state index is -1.13. The van der Waals surface area contributed by atoms with Crippen molar-refractivity contribution in [2.24, 2.45) is 0 Å². The van der Waals surface area contributed by atoms with Crippen LogP contribution in [0.1, 0.15) is 43.4 Å². The van der Waals surface area contributed by atoms with Crippen LogP contribution in [0, 0.1) is 0 Å². The van der Waals surface area contributed by atoms with E-state index in [0.717, 1.165) is 38.9 Å². The number of rotatable bonds is 14. The van der Waals surface area contributed by atoms with Gasteiger partial charge in [-0.25, -0.2) is 4.39 Å². The van der Waals surface area contributed by atoms with Gasteiger partial charge in [0.25, 0.3) is 5.91 Å². The van der Waals surface area contributed by atoms with Crippen LogP contribution in [0.4, 0.5) is 4.39 Å². The van der Waals surface area contributed by atoms with Crippen LogP contribution in [0.25, 0.3) is 0 Å². The Bertz CT molecular complexity index is 1410. The van der Waals surface area contributed by atoms with Gasteiger partial charge >= 0.3 is 5.97 Å². The van der Waals surface area contributed by atoms with Crippen LogP contribution in [0.15, 0.2) is 119 Å². The van der Waals surface area contributed by atoms with Gasteiger partial charge in [0.15, 0.2) is 0 Å². The molecule has 6 nitrogen and oxygen atoms in total. The first kappa shape index (κ1) is 32.1. The topological polar surface area (TPSA) is 76.1 Å². The Kier molecular flexibility index (Phi) is 11.7. The molecule has 0 saturated carbocycles. The smallest absolute Gasteiger partial charge is 0.323 e. The quantitative estimate of drug-likeness (QED) is 0.134. The van der Waals surface area contributed by atoms with Crippen molar-refractivity contribution in [3.05, 3.63) is 131 Å². The number of nitrogens with zero attached hydrogens (tertiary/aromatic N) is 1. The Hall–Kier alpha value is -3.79. The van der Waals surface area contributed by atoms with E-state index in [1.54, 1.807) is 12.2 Å². The van der Waals surface area contributed by atoms with Gasteiger partial charge in [-0.2, -0.15) is 0 Å². The van der Waals surface area contributed by atoms with Crippen LogP contribution in [0.2, 0.25) is 0 Å². The molecule has 1 aliphatic carbocycles. The number of thioether (sulfide) groups is 1. The molecule has 43 heavy (non-hydrogen) atoms. The van der Waals surface area contributed by atoms with Gasteiger partial charge in [0.05, 0.1) is 11.5 Å². The summed E-state index contributed by atoms with van der Waals surface area (Å²) >= 11 is 6.33. The van der Waals surface area contributed by atoms with Crippen LogP contribution < -0.4 is 0 Å². The zero-order valence-electron chi connectivity index (χ0n) is 23.9. The first-order chi connectivity index (χ1) is 20.7. The third kappa shape index (κ3) is 9.10. The zero-order valence-corrected chi connectivity index (χ0v) is 25.5. The lowest BCUT2D eigenvalue weighted by Crippen LogP contribution is -2.33. The Morgan fingerprint density at radius 2 is 1.84 bits per heavy atom. The molecule has 0 aromatic heterocycles. The Labute approximate surface area is 261 Å². The predicted octanol–water partition coefficient (Wildman–Crippen LogP) is 7.47. The van der Waals surface area contributed by atoms with E-state index >= 15 is 0 Å². The highest BCUT2D eigenvalue weighted by molar-refractivity contribution is 8.26. The third-order valence-electron chi connectivity index (χ3n) is 6.79. The number of carbonyl (C=O) groups excluding carboxylic acids is 1. The fourth-order valence-corrected chi connectivity index (χ4v) is 5.85. The summed E-state index contributed by atoms with van der Waals surface area (Å²) in [4.78, 5) is 25.5. The number of halogens is 1. The van der Waals surface area contributed by atoms with E-state index in [0.29, 0.717) is 36.5 Å². The number of alkyl halides is 1. The van der Waals surface area contributed by atoms with Gasteiger partial charge in [0.1, 0.15) is 35.0 Å². The van der Waals surface area contributed by atoms with E-state index in [-0.39, 0.29) is 4.32 Å². The Balaban J connectivity index is 1.61. The van der Waals surface area contributed by atoms with Gasteiger partial charge < -0.3 is 14.6 Å². The van der Waals surface area contributed by atoms with Crippen molar-refractivity contribution in [3.63, 3.8) is 0 Å². The van der Waals surface area contributed by atoms with Gasteiger partial charge in [0, 0.05) is 0 Å². The fraction of sp³-hybridized carbons (Fsp3) is 0.265. The van der Waals surface area contributed by atoms with Crippen LogP contribution >= 0.6 is 24.0 Å². The van der Waals surface area contributed by atoms with Crippen molar-refractivity contribution < 1.29 is 28.6 Å². The van der Waals surface area contributed by atoms with E-state index in [9.17, 15) is 14.0 Å². The maximum absolute atomic E-state index is 13.4. The molecule has 0 radical (unpaired) electrons. The monoisotopic (exact) mass is 619 g/mol. The molecule has 2 aliphatic rings. The molecule has 1 amide bonds. The molecule has 0 bridgehead atoms. The zero-order chi connectivity index (χ0) is 30.8. The average molecular weight is 620 g/mol. The van der Waals surface area contributed by atoms with Gasteiger partial charge in [-0.3, -0.25) is 14.5 Å². The molecule has 1 N–H and O–H groups in total. The number of carbonyl (C=O) groups is 2. The maximum atomic E-state index is 13.4. The lowest BCUT2D eigenvalue weighted by atomic mass is 9.99. The summed E-state index contributed by atoms with van der Waals surface area (Å²) < 4.78 is 26.6. The summed E-state index contributed by atoms with van der Waals surface area (Å²) in [5.41, 5.74) is 3.58. The summed E-state index contributed by atoms with van der Waals surface area (Å²) in [7, 11) is 0. The predicted molar refractivity (Wildman–Crippen MR) is 172 cm³/mol. The lowest BCUT2D eigenvalue weighted by Gasteiger charge is -2.29. The van der Waals surface area contributed by atoms with Crippen LogP contribution in [0.3, 0.4) is 0 Å². The highest BCUT2D eigenvalue weighted by Gasteiger charge is 2.34. The van der Waals surface area contributed by atoms with E-state index in [1.165, 1.54) is 6.92 Å². The molecule has 2 aromatic rings. The van der Waals surface area contributed by atoms with Gasteiger partial charge in [-0.15, -0.1) is 0 Å². The van der Waals surface area contributed by atoms with Gasteiger partial charge in [-0.1, -0.05) is 115 Å². The molecule has 2 aromatic carbocycles. The molecule has 224 valence electrons. The third-order valence-corrected chi connectivity index (χ3v) is 8.17. The summed E-state index contributed by atoms with van der Waals surface area (Å²) in [6.45, 7) is 5.26. The number of hydrogen-bond donors (Lipinski definition) is 1. The fourth-order valence-electron chi connectivity index (χ4n) is 4.60.